The molecule has 0 bridgehead atoms. The van der Waals surface area contributed by atoms with Gasteiger partial charge in [-0.3, -0.25) is 4.79 Å². The normalized spacial score (nSPS) is 10.7. The molecule has 22 heavy (non-hydrogen) atoms. The van der Waals surface area contributed by atoms with Crippen LogP contribution in [0, 0.1) is 0 Å². The number of halogens is 1. The Labute approximate surface area is 138 Å². The Bertz CT molecular complexity index is 1020. The van der Waals surface area contributed by atoms with Gasteiger partial charge in [0.2, 0.25) is 5.91 Å². The van der Waals surface area contributed by atoms with Gasteiger partial charge in [0.05, 0.1) is 0 Å². The van der Waals surface area contributed by atoms with E-state index in [2.05, 4.69) is 36.4 Å². The summed E-state index contributed by atoms with van der Waals surface area (Å²) in [5, 5.41) is 6.97. The molecule has 4 rings (SSSR count). The third-order valence-electron chi connectivity index (χ3n) is 3.94. The zero-order chi connectivity index (χ0) is 14.4. The number of carbonyl (C=O) groups is 1. The predicted molar refractivity (Wildman–Crippen MR) is 97.8 cm³/mol. The van der Waals surface area contributed by atoms with Crippen LogP contribution >= 0.6 is 17.0 Å². The smallest absolute Gasteiger partial charge is 0.248 e. The maximum atomic E-state index is 11.3. The van der Waals surface area contributed by atoms with Crippen LogP contribution in [0.2, 0.25) is 0 Å². The zero-order valence-electron chi connectivity index (χ0n) is 11.7. The lowest BCUT2D eigenvalue weighted by Gasteiger charge is -2.06. The molecule has 4 aromatic carbocycles. The van der Waals surface area contributed by atoms with Gasteiger partial charge in [-0.1, -0.05) is 30.3 Å². The number of carbonyl (C=O) groups excluding carboxylic acids is 1. The number of benzene rings is 4. The van der Waals surface area contributed by atoms with E-state index in [0.29, 0.717) is 5.56 Å². The molecular formula is C19H14BrNO. The van der Waals surface area contributed by atoms with Crippen molar-refractivity contribution in [2.45, 2.75) is 0 Å². The van der Waals surface area contributed by atoms with Gasteiger partial charge in [0.15, 0.2) is 0 Å². The van der Waals surface area contributed by atoms with Crippen LogP contribution in [0.5, 0.6) is 0 Å². The van der Waals surface area contributed by atoms with E-state index in [1.165, 1.54) is 21.5 Å². The number of nitrogens with two attached hydrogens (primary N) is 1. The molecule has 0 saturated heterocycles. The van der Waals surface area contributed by atoms with E-state index in [0.717, 1.165) is 10.8 Å². The number of fused-ring (bicyclic) bond motifs is 3. The Kier molecular flexibility index (Phi) is 3.59. The summed E-state index contributed by atoms with van der Waals surface area (Å²) in [6.45, 7) is 0. The van der Waals surface area contributed by atoms with Gasteiger partial charge < -0.3 is 5.73 Å². The summed E-state index contributed by atoms with van der Waals surface area (Å²) in [5.41, 5.74) is 5.90. The highest BCUT2D eigenvalue weighted by Crippen LogP contribution is 2.27. The molecule has 0 unspecified atom stereocenters. The van der Waals surface area contributed by atoms with Gasteiger partial charge in [-0.25, -0.2) is 0 Å². The van der Waals surface area contributed by atoms with Crippen LogP contribution in [0.15, 0.2) is 66.7 Å². The Balaban J connectivity index is 0.00000144. The number of amides is 1. The van der Waals surface area contributed by atoms with Crippen LogP contribution < -0.4 is 5.73 Å². The fourth-order valence-electron chi connectivity index (χ4n) is 2.85. The Morgan fingerprint density at radius 1 is 0.636 bits per heavy atom. The summed E-state index contributed by atoms with van der Waals surface area (Å²) in [5.74, 6) is -0.393. The number of rotatable bonds is 1. The van der Waals surface area contributed by atoms with Gasteiger partial charge in [0, 0.05) is 5.56 Å². The fourth-order valence-corrected chi connectivity index (χ4v) is 2.85. The summed E-state index contributed by atoms with van der Waals surface area (Å²) >= 11 is 0. The van der Waals surface area contributed by atoms with Gasteiger partial charge in [0.25, 0.3) is 0 Å². The summed E-state index contributed by atoms with van der Waals surface area (Å²) < 4.78 is 0. The molecule has 0 saturated carbocycles. The first-order valence-electron chi connectivity index (χ1n) is 6.87. The van der Waals surface area contributed by atoms with Crippen LogP contribution in [0.1, 0.15) is 10.4 Å². The first-order valence-corrected chi connectivity index (χ1v) is 6.87. The second-order valence-corrected chi connectivity index (χ2v) is 5.32. The highest BCUT2D eigenvalue weighted by Gasteiger charge is 2.04. The minimum Gasteiger partial charge on any atom is -0.366 e. The molecule has 0 radical (unpaired) electrons. The lowest BCUT2D eigenvalue weighted by Crippen LogP contribution is -2.10. The van der Waals surface area contributed by atoms with Crippen molar-refractivity contribution in [2.75, 3.05) is 0 Å². The van der Waals surface area contributed by atoms with Crippen LogP contribution in [-0.4, -0.2) is 5.91 Å². The first kappa shape index (κ1) is 14.5. The molecule has 0 aliphatic heterocycles. The van der Waals surface area contributed by atoms with E-state index in [1.807, 2.05) is 24.3 Å². The molecule has 0 heterocycles. The first-order chi connectivity index (χ1) is 10.2. The predicted octanol–water partition coefficient (Wildman–Crippen LogP) is 4.82. The van der Waals surface area contributed by atoms with Gasteiger partial charge in [-0.05, 0) is 68.7 Å². The van der Waals surface area contributed by atoms with E-state index >= 15 is 0 Å². The van der Waals surface area contributed by atoms with Crippen molar-refractivity contribution in [3.8, 4) is 0 Å². The number of primary amides is 1. The minimum absolute atomic E-state index is 0. The second kappa shape index (κ2) is 5.43. The molecule has 4 aromatic rings. The molecule has 1 amide bonds. The number of hydrogen-bond acceptors (Lipinski definition) is 1. The SMILES string of the molecule is Br.NC(=O)c1ccc2cc3cc4ccccc4cc3cc2c1. The average Bonchev–Trinajstić information content (AvgIpc) is 2.50. The lowest BCUT2D eigenvalue weighted by molar-refractivity contribution is 0.100. The van der Waals surface area contributed by atoms with Gasteiger partial charge in [-0.15, -0.1) is 17.0 Å². The Morgan fingerprint density at radius 3 is 1.64 bits per heavy atom. The van der Waals surface area contributed by atoms with Crippen LogP contribution in [0.4, 0.5) is 0 Å². The molecule has 2 N–H and O–H groups in total. The van der Waals surface area contributed by atoms with Crippen LogP contribution in [0.3, 0.4) is 0 Å². The van der Waals surface area contributed by atoms with Crippen LogP contribution in [0.25, 0.3) is 32.3 Å². The lowest BCUT2D eigenvalue weighted by atomic mass is 9.98. The van der Waals surface area contributed by atoms with E-state index in [9.17, 15) is 4.79 Å². The Hall–Kier alpha value is -2.39. The van der Waals surface area contributed by atoms with Crippen molar-refractivity contribution in [2.24, 2.45) is 5.73 Å². The largest absolute Gasteiger partial charge is 0.366 e. The van der Waals surface area contributed by atoms with Crippen molar-refractivity contribution in [3.05, 3.63) is 72.3 Å². The highest BCUT2D eigenvalue weighted by molar-refractivity contribution is 8.93. The monoisotopic (exact) mass is 351 g/mol. The number of hydrogen-bond donors (Lipinski definition) is 1. The van der Waals surface area contributed by atoms with Crippen molar-refractivity contribution in [1.82, 2.24) is 0 Å². The molecule has 0 fully saturated rings. The van der Waals surface area contributed by atoms with Crippen molar-refractivity contribution < 1.29 is 4.79 Å². The third kappa shape index (κ3) is 2.34. The standard InChI is InChI=1S/C19H13NO.BrH/c20-19(21)15-6-5-14-9-17-7-12-3-1-2-4-13(12)8-18(17)11-16(14)10-15;/h1-11H,(H2,20,21);1H. The fraction of sp³-hybridized carbons (Fsp3) is 0. The van der Waals surface area contributed by atoms with E-state index in [-0.39, 0.29) is 17.0 Å². The molecule has 0 atom stereocenters. The van der Waals surface area contributed by atoms with E-state index in [4.69, 9.17) is 5.73 Å². The molecule has 0 spiro atoms. The molecule has 2 nitrogen and oxygen atoms in total. The van der Waals surface area contributed by atoms with Crippen LogP contribution in [-0.2, 0) is 0 Å². The van der Waals surface area contributed by atoms with Gasteiger partial charge >= 0.3 is 0 Å². The van der Waals surface area contributed by atoms with Gasteiger partial charge in [0.1, 0.15) is 0 Å². The van der Waals surface area contributed by atoms with Gasteiger partial charge in [-0.2, -0.15) is 0 Å². The quantitative estimate of drug-likeness (QED) is 0.490. The minimum atomic E-state index is -0.393. The molecular weight excluding hydrogens is 338 g/mol. The zero-order valence-corrected chi connectivity index (χ0v) is 13.5. The van der Waals surface area contributed by atoms with Crippen molar-refractivity contribution >= 4 is 55.2 Å². The summed E-state index contributed by atoms with van der Waals surface area (Å²) in [7, 11) is 0. The maximum Gasteiger partial charge on any atom is 0.248 e. The summed E-state index contributed by atoms with van der Waals surface area (Å²) in [4.78, 5) is 11.3. The van der Waals surface area contributed by atoms with E-state index < -0.39 is 5.91 Å². The van der Waals surface area contributed by atoms with Crippen molar-refractivity contribution in [3.63, 3.8) is 0 Å². The molecule has 108 valence electrons. The summed E-state index contributed by atoms with van der Waals surface area (Å²) in [6, 6.07) is 22.6. The molecule has 0 aliphatic carbocycles. The van der Waals surface area contributed by atoms with Crippen molar-refractivity contribution in [1.29, 1.82) is 0 Å². The molecule has 0 aromatic heterocycles. The molecule has 0 aliphatic rings. The highest BCUT2D eigenvalue weighted by atomic mass is 79.9. The average molecular weight is 352 g/mol. The summed E-state index contributed by atoms with van der Waals surface area (Å²) in [6.07, 6.45) is 0. The Morgan fingerprint density at radius 2 is 1.09 bits per heavy atom. The second-order valence-electron chi connectivity index (χ2n) is 5.32. The third-order valence-corrected chi connectivity index (χ3v) is 3.94. The molecule has 3 heteroatoms. The maximum absolute atomic E-state index is 11.3. The topological polar surface area (TPSA) is 43.1 Å². The van der Waals surface area contributed by atoms with E-state index in [1.54, 1.807) is 6.07 Å².